The van der Waals surface area contributed by atoms with Gasteiger partial charge in [-0.1, -0.05) is 6.92 Å². The van der Waals surface area contributed by atoms with Crippen LogP contribution in [0.3, 0.4) is 0 Å². The maximum Gasteiger partial charge on any atom is 0.328 e. The van der Waals surface area contributed by atoms with Gasteiger partial charge in [-0.15, -0.1) is 0 Å². The van der Waals surface area contributed by atoms with Crippen LogP contribution >= 0.6 is 0 Å². The van der Waals surface area contributed by atoms with Crippen LogP contribution in [0.1, 0.15) is 12.5 Å². The predicted molar refractivity (Wildman–Crippen MR) is 61.2 cm³/mol. The lowest BCUT2D eigenvalue weighted by Gasteiger charge is -2.31. The molecular weight excluding hydrogens is 223 g/mol. The van der Waals surface area contributed by atoms with Crippen LogP contribution < -0.4 is 10.2 Å². The fourth-order valence-corrected chi connectivity index (χ4v) is 1.87. The third-order valence-corrected chi connectivity index (χ3v) is 2.83. The molecule has 1 saturated heterocycles. The Morgan fingerprint density at radius 3 is 2.76 bits per heavy atom. The van der Waals surface area contributed by atoms with Crippen molar-refractivity contribution in [1.29, 1.82) is 0 Å². The molecule has 1 atom stereocenters. The highest BCUT2D eigenvalue weighted by atomic mass is 19.1. The molecule has 1 fully saturated rings. The van der Waals surface area contributed by atoms with Gasteiger partial charge in [-0.25, -0.2) is 9.18 Å². The van der Waals surface area contributed by atoms with Gasteiger partial charge in [0.2, 0.25) is 5.91 Å². The van der Waals surface area contributed by atoms with E-state index in [1.54, 1.807) is 19.9 Å². The zero-order valence-corrected chi connectivity index (χ0v) is 9.66. The van der Waals surface area contributed by atoms with Gasteiger partial charge < -0.3 is 0 Å². The van der Waals surface area contributed by atoms with Gasteiger partial charge in [-0.3, -0.25) is 15.0 Å². The van der Waals surface area contributed by atoms with Crippen molar-refractivity contribution in [3.05, 3.63) is 29.6 Å². The highest BCUT2D eigenvalue weighted by molar-refractivity contribution is 6.06. The van der Waals surface area contributed by atoms with Crippen LogP contribution in [0.25, 0.3) is 0 Å². The molecule has 0 aliphatic carbocycles. The average Bonchev–Trinajstić information content (AvgIpc) is 2.24. The van der Waals surface area contributed by atoms with Crippen molar-refractivity contribution < 1.29 is 14.0 Å². The number of anilines is 1. The molecule has 3 amide bonds. The maximum atomic E-state index is 13.0. The SMILES string of the molecule is Cc1cc(F)ccc1N1CC(C)C(=O)NC1=O. The van der Waals surface area contributed by atoms with Gasteiger partial charge in [0.15, 0.2) is 0 Å². The van der Waals surface area contributed by atoms with E-state index in [1.807, 2.05) is 0 Å². The highest BCUT2D eigenvalue weighted by Gasteiger charge is 2.30. The number of benzene rings is 1. The maximum absolute atomic E-state index is 13.0. The first kappa shape index (κ1) is 11.6. The van der Waals surface area contributed by atoms with E-state index >= 15 is 0 Å². The molecule has 0 spiro atoms. The molecule has 0 saturated carbocycles. The van der Waals surface area contributed by atoms with Crippen molar-refractivity contribution in [2.24, 2.45) is 5.92 Å². The summed E-state index contributed by atoms with van der Waals surface area (Å²) in [6, 6.07) is 3.76. The van der Waals surface area contributed by atoms with E-state index in [0.29, 0.717) is 17.8 Å². The number of amides is 3. The molecule has 90 valence electrons. The molecule has 1 N–H and O–H groups in total. The molecule has 1 aliphatic rings. The second-order valence-electron chi connectivity index (χ2n) is 4.24. The van der Waals surface area contributed by atoms with E-state index < -0.39 is 6.03 Å². The molecule has 1 aromatic carbocycles. The lowest BCUT2D eigenvalue weighted by molar-refractivity contribution is -0.123. The number of aryl methyl sites for hydroxylation is 1. The largest absolute Gasteiger partial charge is 0.328 e. The monoisotopic (exact) mass is 236 g/mol. The van der Waals surface area contributed by atoms with E-state index in [4.69, 9.17) is 0 Å². The Balaban J connectivity index is 2.33. The molecule has 0 aromatic heterocycles. The molecule has 5 heteroatoms. The minimum Gasteiger partial charge on any atom is -0.293 e. The van der Waals surface area contributed by atoms with Crippen molar-refractivity contribution in [2.45, 2.75) is 13.8 Å². The molecule has 1 aliphatic heterocycles. The van der Waals surface area contributed by atoms with Crippen molar-refractivity contribution >= 4 is 17.6 Å². The Kier molecular flexibility index (Phi) is 2.83. The van der Waals surface area contributed by atoms with Crippen molar-refractivity contribution in [2.75, 3.05) is 11.4 Å². The van der Waals surface area contributed by atoms with Gasteiger partial charge >= 0.3 is 6.03 Å². The van der Waals surface area contributed by atoms with Crippen LogP contribution in [0.4, 0.5) is 14.9 Å². The Morgan fingerprint density at radius 2 is 2.12 bits per heavy atom. The second-order valence-corrected chi connectivity index (χ2v) is 4.24. The lowest BCUT2D eigenvalue weighted by atomic mass is 10.1. The number of nitrogens with zero attached hydrogens (tertiary/aromatic N) is 1. The minimum absolute atomic E-state index is 0.267. The van der Waals surface area contributed by atoms with E-state index in [-0.39, 0.29) is 17.6 Å². The first-order valence-corrected chi connectivity index (χ1v) is 5.37. The summed E-state index contributed by atoms with van der Waals surface area (Å²) in [6.45, 7) is 3.79. The van der Waals surface area contributed by atoms with Crippen molar-refractivity contribution in [1.82, 2.24) is 5.32 Å². The van der Waals surface area contributed by atoms with E-state index in [2.05, 4.69) is 5.32 Å². The number of imide groups is 1. The third kappa shape index (κ3) is 2.13. The highest BCUT2D eigenvalue weighted by Crippen LogP contribution is 2.23. The van der Waals surface area contributed by atoms with Crippen LogP contribution in [0.15, 0.2) is 18.2 Å². The number of halogens is 1. The second kappa shape index (κ2) is 4.16. The summed E-state index contributed by atoms with van der Waals surface area (Å²) < 4.78 is 13.0. The molecule has 1 heterocycles. The molecule has 1 unspecified atom stereocenters. The van der Waals surface area contributed by atoms with Crippen molar-refractivity contribution in [3.63, 3.8) is 0 Å². The number of urea groups is 1. The first-order valence-electron chi connectivity index (χ1n) is 5.37. The number of hydrogen-bond donors (Lipinski definition) is 1. The fourth-order valence-electron chi connectivity index (χ4n) is 1.87. The summed E-state index contributed by atoms with van der Waals surface area (Å²) in [6.07, 6.45) is 0. The van der Waals surface area contributed by atoms with Gasteiger partial charge in [0.05, 0.1) is 5.92 Å². The Labute approximate surface area is 98.4 Å². The summed E-state index contributed by atoms with van der Waals surface area (Å²) in [4.78, 5) is 24.4. The van der Waals surface area contributed by atoms with Gasteiger partial charge in [0.1, 0.15) is 5.82 Å². The Morgan fingerprint density at radius 1 is 1.41 bits per heavy atom. The van der Waals surface area contributed by atoms with Gasteiger partial charge in [-0.05, 0) is 30.7 Å². The summed E-state index contributed by atoms with van der Waals surface area (Å²) in [5, 5.41) is 2.27. The smallest absolute Gasteiger partial charge is 0.293 e. The first-order chi connectivity index (χ1) is 7.99. The third-order valence-electron chi connectivity index (χ3n) is 2.83. The van der Waals surface area contributed by atoms with Gasteiger partial charge in [0.25, 0.3) is 0 Å². The van der Waals surface area contributed by atoms with E-state index in [0.717, 1.165) is 0 Å². The molecule has 17 heavy (non-hydrogen) atoms. The number of hydrogen-bond acceptors (Lipinski definition) is 2. The van der Waals surface area contributed by atoms with Gasteiger partial charge in [0, 0.05) is 12.2 Å². The Bertz CT molecular complexity index is 487. The topological polar surface area (TPSA) is 49.4 Å². The lowest BCUT2D eigenvalue weighted by Crippen LogP contribution is -2.54. The molecule has 1 aromatic rings. The van der Waals surface area contributed by atoms with Gasteiger partial charge in [-0.2, -0.15) is 0 Å². The Hall–Kier alpha value is -1.91. The van der Waals surface area contributed by atoms with Crippen LogP contribution in [-0.4, -0.2) is 18.5 Å². The quantitative estimate of drug-likeness (QED) is 0.808. The standard InChI is InChI=1S/C12H13FN2O2/c1-7-5-9(13)3-4-10(7)15-6-8(2)11(16)14-12(15)17/h3-5,8H,6H2,1-2H3,(H,14,16,17). The van der Waals surface area contributed by atoms with E-state index in [1.165, 1.54) is 17.0 Å². The minimum atomic E-state index is -0.456. The van der Waals surface area contributed by atoms with Crippen molar-refractivity contribution in [3.8, 4) is 0 Å². The zero-order chi connectivity index (χ0) is 12.6. The number of rotatable bonds is 1. The molecular formula is C12H13FN2O2. The molecule has 2 rings (SSSR count). The normalized spacial score (nSPS) is 20.4. The number of carbonyl (C=O) groups excluding carboxylic acids is 2. The van der Waals surface area contributed by atoms with Crippen LogP contribution in [0.5, 0.6) is 0 Å². The zero-order valence-electron chi connectivity index (χ0n) is 9.66. The predicted octanol–water partition coefficient (Wildman–Crippen LogP) is 1.83. The average molecular weight is 236 g/mol. The van der Waals surface area contributed by atoms with Crippen LogP contribution in [0.2, 0.25) is 0 Å². The van der Waals surface area contributed by atoms with Crippen LogP contribution in [-0.2, 0) is 4.79 Å². The summed E-state index contributed by atoms with van der Waals surface area (Å²) in [5.41, 5.74) is 1.30. The summed E-state index contributed by atoms with van der Waals surface area (Å²) in [7, 11) is 0. The number of nitrogens with one attached hydrogen (secondary N) is 1. The fraction of sp³-hybridized carbons (Fsp3) is 0.333. The molecule has 0 radical (unpaired) electrons. The summed E-state index contributed by atoms with van der Waals surface area (Å²) >= 11 is 0. The number of carbonyl (C=O) groups is 2. The van der Waals surface area contributed by atoms with E-state index in [9.17, 15) is 14.0 Å². The van der Waals surface area contributed by atoms with Crippen LogP contribution in [0, 0.1) is 18.7 Å². The molecule has 0 bridgehead atoms. The molecule has 4 nitrogen and oxygen atoms in total. The summed E-state index contributed by atoms with van der Waals surface area (Å²) in [5.74, 6) is -0.879.